The molecule has 1 aliphatic rings. The first-order chi connectivity index (χ1) is 16.9. The summed E-state index contributed by atoms with van der Waals surface area (Å²) in [5.74, 6) is 6.09. The Balaban J connectivity index is 1.42. The molecule has 1 atom stereocenters. The van der Waals surface area contributed by atoms with Crippen molar-refractivity contribution < 1.29 is 19.7 Å². The third-order valence-electron chi connectivity index (χ3n) is 6.78. The van der Waals surface area contributed by atoms with Crippen molar-refractivity contribution in [2.24, 2.45) is 5.41 Å². The monoisotopic (exact) mass is 493 g/mol. The number of methoxy groups -OCH3 is 1. The molecule has 0 saturated carbocycles. The zero-order chi connectivity index (χ0) is 24.8. The summed E-state index contributed by atoms with van der Waals surface area (Å²) in [4.78, 5) is 22.8. The molecular formula is C27H28ClN3O4. The maximum absolute atomic E-state index is 12.3. The van der Waals surface area contributed by atoms with Gasteiger partial charge in [0.15, 0.2) is 0 Å². The van der Waals surface area contributed by atoms with Crippen molar-refractivity contribution in [1.29, 1.82) is 0 Å². The minimum Gasteiger partial charge on any atom is -0.497 e. The summed E-state index contributed by atoms with van der Waals surface area (Å²) in [6.45, 7) is 1.87. The van der Waals surface area contributed by atoms with Gasteiger partial charge in [-0.2, -0.15) is 0 Å². The van der Waals surface area contributed by atoms with Gasteiger partial charge in [-0.3, -0.25) is 19.7 Å². The molecule has 2 aromatic heterocycles. The number of nitrogens with zero attached hydrogens (tertiary/aromatic N) is 3. The second-order valence-corrected chi connectivity index (χ2v) is 9.26. The number of benzene rings is 1. The molecule has 0 spiro atoms. The van der Waals surface area contributed by atoms with Gasteiger partial charge in [0.1, 0.15) is 5.75 Å². The van der Waals surface area contributed by atoms with Crippen LogP contribution in [0.5, 0.6) is 5.75 Å². The first-order valence-electron chi connectivity index (χ1n) is 11.6. The van der Waals surface area contributed by atoms with Gasteiger partial charge in [-0.05, 0) is 56.0 Å². The molecule has 1 fully saturated rings. The normalized spacial score (nSPS) is 16.3. The molecule has 1 saturated heterocycles. The molecular weight excluding hydrogens is 466 g/mol. The van der Waals surface area contributed by atoms with Gasteiger partial charge in [-0.1, -0.05) is 23.4 Å². The molecule has 35 heavy (non-hydrogen) atoms. The average molecular weight is 494 g/mol. The first-order valence-corrected chi connectivity index (χ1v) is 11.9. The van der Waals surface area contributed by atoms with Crippen LogP contribution in [0.15, 0.2) is 48.9 Å². The number of aliphatic hydroxyl groups excluding tert-OH is 1. The van der Waals surface area contributed by atoms with Crippen LogP contribution in [0.1, 0.15) is 42.9 Å². The summed E-state index contributed by atoms with van der Waals surface area (Å²) in [5.41, 5.74) is 1.27. The summed E-state index contributed by atoms with van der Waals surface area (Å²) >= 11 is 6.42. The van der Waals surface area contributed by atoms with Crippen LogP contribution in [-0.2, 0) is 4.79 Å². The highest BCUT2D eigenvalue weighted by Crippen LogP contribution is 2.41. The predicted octanol–water partition coefficient (Wildman–Crippen LogP) is 4.32. The van der Waals surface area contributed by atoms with Crippen LogP contribution >= 0.6 is 11.6 Å². The van der Waals surface area contributed by atoms with Crippen molar-refractivity contribution in [3.8, 4) is 17.6 Å². The van der Waals surface area contributed by atoms with E-state index in [0.717, 1.165) is 5.56 Å². The molecule has 0 amide bonds. The molecule has 3 heterocycles. The maximum atomic E-state index is 12.3. The molecule has 1 aromatic carbocycles. The Hall–Kier alpha value is -3.18. The Morgan fingerprint density at radius 1 is 1.26 bits per heavy atom. The van der Waals surface area contributed by atoms with Crippen LogP contribution in [0.25, 0.3) is 10.9 Å². The number of hydrogen-bond acceptors (Lipinski definition) is 6. The fraction of sp³-hybridized carbons (Fsp3) is 0.370. The van der Waals surface area contributed by atoms with E-state index >= 15 is 0 Å². The van der Waals surface area contributed by atoms with E-state index in [9.17, 15) is 15.0 Å². The van der Waals surface area contributed by atoms with Crippen molar-refractivity contribution in [3.63, 3.8) is 0 Å². The molecule has 1 aliphatic heterocycles. The smallest absolute Gasteiger partial charge is 0.309 e. The van der Waals surface area contributed by atoms with Crippen LogP contribution in [0, 0.1) is 17.3 Å². The highest BCUT2D eigenvalue weighted by atomic mass is 35.5. The second kappa shape index (κ2) is 11.0. The van der Waals surface area contributed by atoms with E-state index < -0.39 is 17.5 Å². The number of piperidine rings is 1. The number of halogens is 1. The number of likely N-dealkylation sites (tertiary alicyclic amines) is 1. The topological polar surface area (TPSA) is 95.8 Å². The van der Waals surface area contributed by atoms with E-state index in [2.05, 4.69) is 26.7 Å². The van der Waals surface area contributed by atoms with E-state index in [1.54, 1.807) is 31.6 Å². The van der Waals surface area contributed by atoms with Crippen molar-refractivity contribution in [1.82, 2.24) is 14.9 Å². The van der Waals surface area contributed by atoms with Crippen LogP contribution in [0.2, 0.25) is 5.02 Å². The number of carboxylic acid groups (broad SMARTS) is 1. The molecule has 7 nitrogen and oxygen atoms in total. The number of ether oxygens (including phenoxy) is 1. The van der Waals surface area contributed by atoms with Crippen molar-refractivity contribution >= 4 is 28.5 Å². The number of aliphatic hydroxyl groups is 1. The number of hydrogen-bond donors (Lipinski definition) is 2. The highest BCUT2D eigenvalue weighted by Gasteiger charge is 2.41. The lowest BCUT2D eigenvalue weighted by Gasteiger charge is -2.38. The Kier molecular flexibility index (Phi) is 7.86. The number of pyridine rings is 2. The lowest BCUT2D eigenvalue weighted by molar-refractivity contribution is -0.153. The third kappa shape index (κ3) is 5.73. The fourth-order valence-electron chi connectivity index (χ4n) is 4.59. The van der Waals surface area contributed by atoms with Gasteiger partial charge in [-0.15, -0.1) is 0 Å². The van der Waals surface area contributed by atoms with Gasteiger partial charge in [-0.25, -0.2) is 0 Å². The SMILES string of the molecule is COc1ccc2ncc(Cl)c([C@@H](O)CCC3(C(=O)O)CCN(CC#Cc4ccncc4)CC3)c2c1. The Bertz CT molecular complexity index is 1250. The predicted molar refractivity (Wildman–Crippen MR) is 134 cm³/mol. The molecule has 0 radical (unpaired) electrons. The third-order valence-corrected chi connectivity index (χ3v) is 7.08. The number of aliphatic carboxylic acids is 1. The van der Waals surface area contributed by atoms with E-state index in [4.69, 9.17) is 16.3 Å². The minimum atomic E-state index is -0.916. The lowest BCUT2D eigenvalue weighted by atomic mass is 9.74. The van der Waals surface area contributed by atoms with Crippen molar-refractivity contribution in [2.75, 3.05) is 26.7 Å². The number of carboxylic acids is 1. The molecule has 0 bridgehead atoms. The average Bonchev–Trinajstić information content (AvgIpc) is 2.88. The highest BCUT2D eigenvalue weighted by molar-refractivity contribution is 6.32. The van der Waals surface area contributed by atoms with Gasteiger partial charge >= 0.3 is 5.97 Å². The minimum absolute atomic E-state index is 0.282. The van der Waals surface area contributed by atoms with E-state index in [0.29, 0.717) is 66.1 Å². The maximum Gasteiger partial charge on any atom is 0.309 e. The molecule has 182 valence electrons. The quantitative estimate of drug-likeness (QED) is 0.473. The van der Waals surface area contributed by atoms with Gasteiger partial charge in [0.2, 0.25) is 0 Å². The zero-order valence-electron chi connectivity index (χ0n) is 19.6. The molecule has 2 N–H and O–H groups in total. The summed E-state index contributed by atoms with van der Waals surface area (Å²) in [6, 6.07) is 9.13. The van der Waals surface area contributed by atoms with Crippen LogP contribution < -0.4 is 4.74 Å². The van der Waals surface area contributed by atoms with Gasteiger partial charge < -0.3 is 14.9 Å². The molecule has 3 aromatic rings. The second-order valence-electron chi connectivity index (χ2n) is 8.86. The van der Waals surface area contributed by atoms with E-state index in [1.807, 2.05) is 18.2 Å². The van der Waals surface area contributed by atoms with Crippen LogP contribution in [0.3, 0.4) is 0 Å². The van der Waals surface area contributed by atoms with Crippen LogP contribution in [0.4, 0.5) is 0 Å². The largest absolute Gasteiger partial charge is 0.497 e. The summed E-state index contributed by atoms with van der Waals surface area (Å²) in [7, 11) is 1.57. The number of fused-ring (bicyclic) bond motifs is 1. The Morgan fingerprint density at radius 2 is 2.00 bits per heavy atom. The fourth-order valence-corrected chi connectivity index (χ4v) is 4.87. The molecule has 4 rings (SSSR count). The summed E-state index contributed by atoms with van der Waals surface area (Å²) < 4.78 is 5.32. The van der Waals surface area contributed by atoms with E-state index in [-0.39, 0.29) is 6.42 Å². The van der Waals surface area contributed by atoms with Gasteiger partial charge in [0.25, 0.3) is 0 Å². The number of aromatic nitrogens is 2. The molecule has 8 heteroatoms. The van der Waals surface area contributed by atoms with E-state index in [1.165, 1.54) is 6.20 Å². The standard InChI is InChI=1S/C27H28ClN3O4/c1-35-20-4-5-23-21(17-20)25(22(28)18-30-23)24(32)6-9-27(26(33)34)10-15-31(16-11-27)14-2-3-19-7-12-29-13-8-19/h4-5,7-8,12-13,17-18,24,32H,6,9-11,14-16H2,1H3,(H,33,34)/t24-/m0/s1. The first kappa shape index (κ1) is 24.9. The lowest BCUT2D eigenvalue weighted by Crippen LogP contribution is -2.44. The van der Waals surface area contributed by atoms with Gasteiger partial charge in [0.05, 0.1) is 35.7 Å². The number of rotatable bonds is 7. The van der Waals surface area contributed by atoms with Gasteiger partial charge in [0, 0.05) is 48.2 Å². The van der Waals surface area contributed by atoms with Crippen molar-refractivity contribution in [2.45, 2.75) is 31.8 Å². The Morgan fingerprint density at radius 3 is 2.69 bits per heavy atom. The zero-order valence-corrected chi connectivity index (χ0v) is 20.3. The Labute approximate surface area is 209 Å². The summed E-state index contributed by atoms with van der Waals surface area (Å²) in [5, 5.41) is 22.2. The summed E-state index contributed by atoms with van der Waals surface area (Å²) in [6.07, 6.45) is 5.66. The van der Waals surface area contributed by atoms with Crippen molar-refractivity contribution in [3.05, 3.63) is 65.1 Å². The molecule has 0 aliphatic carbocycles. The van der Waals surface area contributed by atoms with Crippen LogP contribution in [-0.4, -0.2) is 57.8 Å². The number of carbonyl (C=O) groups is 1. The molecule has 0 unspecified atom stereocenters.